The van der Waals surface area contributed by atoms with Gasteiger partial charge in [-0.2, -0.15) is 10.4 Å². The van der Waals surface area contributed by atoms with Gasteiger partial charge in [-0.05, 0) is 6.42 Å². The highest BCUT2D eigenvalue weighted by molar-refractivity contribution is 5.39. The summed E-state index contributed by atoms with van der Waals surface area (Å²) < 4.78 is 15.4. The molecule has 0 N–H and O–H groups in total. The van der Waals surface area contributed by atoms with E-state index in [4.69, 9.17) is 5.26 Å². The first kappa shape index (κ1) is 11.6. The Morgan fingerprint density at radius 1 is 1.42 bits per heavy atom. The first-order valence-electron chi connectivity index (χ1n) is 5.92. The molecule has 2 aromatic rings. The molecule has 0 saturated carbocycles. The van der Waals surface area contributed by atoms with E-state index in [1.54, 1.807) is 10.9 Å². The van der Waals surface area contributed by atoms with Gasteiger partial charge < -0.3 is 4.90 Å². The number of halogens is 1. The molecular formula is C12H11FN6. The zero-order valence-electron chi connectivity index (χ0n) is 10.1. The SMILES string of the molecule is N#Cc1cnn(C2CCN(c3ncncc3F)C2)c1. The minimum atomic E-state index is -0.415. The molecule has 7 heteroatoms. The van der Waals surface area contributed by atoms with Crippen molar-refractivity contribution in [2.45, 2.75) is 12.5 Å². The Hall–Kier alpha value is -2.49. The summed E-state index contributed by atoms with van der Waals surface area (Å²) in [7, 11) is 0. The third-order valence-electron chi connectivity index (χ3n) is 3.22. The molecule has 0 bridgehead atoms. The Labute approximate surface area is 109 Å². The first-order valence-corrected chi connectivity index (χ1v) is 5.92. The average molecular weight is 258 g/mol. The Balaban J connectivity index is 1.77. The summed E-state index contributed by atoms with van der Waals surface area (Å²) in [5.41, 5.74) is 0.534. The summed E-state index contributed by atoms with van der Waals surface area (Å²) >= 11 is 0. The number of nitriles is 1. The van der Waals surface area contributed by atoms with Crippen molar-refractivity contribution in [3.05, 3.63) is 36.3 Å². The normalized spacial score (nSPS) is 18.5. The van der Waals surface area contributed by atoms with Gasteiger partial charge in [-0.1, -0.05) is 0 Å². The fourth-order valence-electron chi connectivity index (χ4n) is 2.28. The van der Waals surface area contributed by atoms with Crippen molar-refractivity contribution in [2.24, 2.45) is 0 Å². The lowest BCUT2D eigenvalue weighted by Gasteiger charge is -2.17. The molecule has 0 radical (unpaired) electrons. The van der Waals surface area contributed by atoms with E-state index in [-0.39, 0.29) is 6.04 Å². The molecule has 1 saturated heterocycles. The van der Waals surface area contributed by atoms with Gasteiger partial charge in [-0.3, -0.25) is 4.68 Å². The molecular weight excluding hydrogens is 247 g/mol. The second kappa shape index (κ2) is 4.65. The molecule has 19 heavy (non-hydrogen) atoms. The fraction of sp³-hybridized carbons (Fsp3) is 0.333. The molecule has 0 aliphatic carbocycles. The second-order valence-corrected chi connectivity index (χ2v) is 4.40. The number of aromatic nitrogens is 4. The van der Waals surface area contributed by atoms with Crippen LogP contribution in [0.15, 0.2) is 24.9 Å². The third kappa shape index (κ3) is 2.12. The molecule has 1 aliphatic rings. The lowest BCUT2D eigenvalue weighted by molar-refractivity contribution is 0.493. The highest BCUT2D eigenvalue weighted by Crippen LogP contribution is 2.26. The summed E-state index contributed by atoms with van der Waals surface area (Å²) in [6, 6.07) is 2.18. The van der Waals surface area contributed by atoms with E-state index in [2.05, 4.69) is 15.1 Å². The molecule has 1 fully saturated rings. The minimum Gasteiger partial charge on any atom is -0.352 e. The molecule has 3 heterocycles. The molecule has 0 aromatic carbocycles. The van der Waals surface area contributed by atoms with Crippen molar-refractivity contribution < 1.29 is 4.39 Å². The molecule has 6 nitrogen and oxygen atoms in total. The van der Waals surface area contributed by atoms with Crippen LogP contribution in [-0.4, -0.2) is 32.8 Å². The van der Waals surface area contributed by atoms with Crippen LogP contribution >= 0.6 is 0 Å². The molecule has 1 unspecified atom stereocenters. The largest absolute Gasteiger partial charge is 0.352 e. The van der Waals surface area contributed by atoms with Crippen LogP contribution in [-0.2, 0) is 0 Å². The second-order valence-electron chi connectivity index (χ2n) is 4.40. The van der Waals surface area contributed by atoms with Crippen LogP contribution in [0.4, 0.5) is 10.2 Å². The van der Waals surface area contributed by atoms with Gasteiger partial charge in [-0.25, -0.2) is 14.4 Å². The number of hydrogen-bond donors (Lipinski definition) is 0. The minimum absolute atomic E-state index is 0.136. The van der Waals surface area contributed by atoms with Crippen molar-refractivity contribution in [2.75, 3.05) is 18.0 Å². The van der Waals surface area contributed by atoms with Crippen molar-refractivity contribution >= 4 is 5.82 Å². The van der Waals surface area contributed by atoms with E-state index in [1.165, 1.54) is 12.5 Å². The van der Waals surface area contributed by atoms with E-state index < -0.39 is 5.82 Å². The zero-order valence-corrected chi connectivity index (χ0v) is 10.1. The zero-order chi connectivity index (χ0) is 13.2. The Bertz CT molecular complexity index is 631. The van der Waals surface area contributed by atoms with Crippen LogP contribution in [0.1, 0.15) is 18.0 Å². The summed E-state index contributed by atoms with van der Waals surface area (Å²) in [5, 5.41) is 12.9. The highest BCUT2D eigenvalue weighted by Gasteiger charge is 2.27. The third-order valence-corrected chi connectivity index (χ3v) is 3.22. The fourth-order valence-corrected chi connectivity index (χ4v) is 2.28. The Morgan fingerprint density at radius 2 is 2.32 bits per heavy atom. The molecule has 0 spiro atoms. The summed E-state index contributed by atoms with van der Waals surface area (Å²) in [6.07, 6.45) is 6.60. The molecule has 3 rings (SSSR count). The number of rotatable bonds is 2. The number of nitrogens with zero attached hydrogens (tertiary/aromatic N) is 6. The van der Waals surface area contributed by atoms with Crippen LogP contribution in [0.2, 0.25) is 0 Å². The highest BCUT2D eigenvalue weighted by atomic mass is 19.1. The van der Waals surface area contributed by atoms with Gasteiger partial charge in [0.15, 0.2) is 11.6 Å². The van der Waals surface area contributed by atoms with Crippen LogP contribution in [0.5, 0.6) is 0 Å². The van der Waals surface area contributed by atoms with E-state index in [1.807, 2.05) is 11.0 Å². The van der Waals surface area contributed by atoms with Gasteiger partial charge in [0.05, 0.1) is 24.0 Å². The summed E-state index contributed by atoms with van der Waals surface area (Å²) in [4.78, 5) is 9.48. The van der Waals surface area contributed by atoms with Crippen LogP contribution in [0, 0.1) is 17.1 Å². The molecule has 1 atom stereocenters. The molecule has 0 amide bonds. The van der Waals surface area contributed by atoms with E-state index in [9.17, 15) is 4.39 Å². The van der Waals surface area contributed by atoms with Gasteiger partial charge >= 0.3 is 0 Å². The van der Waals surface area contributed by atoms with Crippen LogP contribution in [0.25, 0.3) is 0 Å². The lowest BCUT2D eigenvalue weighted by Crippen LogP contribution is -2.23. The van der Waals surface area contributed by atoms with Crippen molar-refractivity contribution in [3.63, 3.8) is 0 Å². The smallest absolute Gasteiger partial charge is 0.183 e. The van der Waals surface area contributed by atoms with Gasteiger partial charge in [0.1, 0.15) is 12.4 Å². The summed E-state index contributed by atoms with van der Waals surface area (Å²) in [6.45, 7) is 1.33. The van der Waals surface area contributed by atoms with Gasteiger partial charge in [0.2, 0.25) is 0 Å². The van der Waals surface area contributed by atoms with E-state index in [0.717, 1.165) is 12.6 Å². The summed E-state index contributed by atoms with van der Waals surface area (Å²) in [5.74, 6) is -0.0912. The van der Waals surface area contributed by atoms with E-state index >= 15 is 0 Å². The van der Waals surface area contributed by atoms with Crippen molar-refractivity contribution in [1.29, 1.82) is 5.26 Å². The Morgan fingerprint density at radius 3 is 3.05 bits per heavy atom. The average Bonchev–Trinajstić information content (AvgIpc) is 3.08. The van der Waals surface area contributed by atoms with E-state index in [0.29, 0.717) is 24.5 Å². The monoisotopic (exact) mass is 258 g/mol. The first-order chi connectivity index (χ1) is 9.28. The molecule has 1 aliphatic heterocycles. The maximum Gasteiger partial charge on any atom is 0.183 e. The maximum atomic E-state index is 13.6. The quantitative estimate of drug-likeness (QED) is 0.807. The number of hydrogen-bond acceptors (Lipinski definition) is 5. The topological polar surface area (TPSA) is 70.6 Å². The van der Waals surface area contributed by atoms with Gasteiger partial charge in [0.25, 0.3) is 0 Å². The number of anilines is 1. The molecule has 2 aromatic heterocycles. The van der Waals surface area contributed by atoms with Gasteiger partial charge in [0, 0.05) is 19.3 Å². The van der Waals surface area contributed by atoms with Crippen LogP contribution < -0.4 is 4.90 Å². The Kier molecular flexibility index (Phi) is 2.83. The predicted octanol–water partition coefficient (Wildman–Crippen LogP) is 1.14. The lowest BCUT2D eigenvalue weighted by atomic mass is 10.3. The maximum absolute atomic E-state index is 13.6. The van der Waals surface area contributed by atoms with Crippen LogP contribution in [0.3, 0.4) is 0 Å². The standard InChI is InChI=1S/C12H11FN6/c13-11-5-15-8-16-12(11)18-2-1-10(7-18)19-6-9(3-14)4-17-19/h4-6,8,10H,1-2,7H2. The van der Waals surface area contributed by atoms with Crippen molar-refractivity contribution in [3.8, 4) is 6.07 Å². The molecule has 96 valence electrons. The predicted molar refractivity (Wildman–Crippen MR) is 64.8 cm³/mol. The van der Waals surface area contributed by atoms with Crippen molar-refractivity contribution in [1.82, 2.24) is 19.7 Å². The van der Waals surface area contributed by atoms with Gasteiger partial charge in [-0.15, -0.1) is 0 Å².